The molecule has 1 aromatic heterocycles. The lowest BCUT2D eigenvalue weighted by Crippen LogP contribution is -2.51. The van der Waals surface area contributed by atoms with Crippen molar-refractivity contribution in [1.82, 2.24) is 20.1 Å². The van der Waals surface area contributed by atoms with E-state index in [-0.39, 0.29) is 29.5 Å². The first-order valence-corrected chi connectivity index (χ1v) is 10.5. The Labute approximate surface area is 190 Å². The molecule has 1 saturated heterocycles. The largest absolute Gasteiger partial charge is 0.354 e. The number of nitrogens with zero attached hydrogens (tertiary/aromatic N) is 3. The van der Waals surface area contributed by atoms with Gasteiger partial charge in [0, 0.05) is 56.4 Å². The maximum Gasteiger partial charge on any atom is 0.269 e. The van der Waals surface area contributed by atoms with E-state index >= 15 is 0 Å². The predicted molar refractivity (Wildman–Crippen MR) is 120 cm³/mol. The molecule has 0 bridgehead atoms. The van der Waals surface area contributed by atoms with Gasteiger partial charge in [-0.1, -0.05) is 23.2 Å². The molecule has 3 amide bonds. The van der Waals surface area contributed by atoms with Crippen LogP contribution in [0.3, 0.4) is 0 Å². The quantitative estimate of drug-likeness (QED) is 0.709. The van der Waals surface area contributed by atoms with Gasteiger partial charge in [-0.2, -0.15) is 0 Å². The van der Waals surface area contributed by atoms with Crippen LogP contribution in [0.5, 0.6) is 0 Å². The molecule has 7 nitrogen and oxygen atoms in total. The zero-order chi connectivity index (χ0) is 22.5. The smallest absolute Gasteiger partial charge is 0.269 e. The third kappa shape index (κ3) is 5.24. The lowest BCUT2D eigenvalue weighted by molar-refractivity contribution is -0.139. The third-order valence-electron chi connectivity index (χ3n) is 5.16. The Balaban J connectivity index is 2.01. The summed E-state index contributed by atoms with van der Waals surface area (Å²) in [5.74, 6) is -0.590. The summed E-state index contributed by atoms with van der Waals surface area (Å²) in [6, 6.07) is 8.59. The summed E-state index contributed by atoms with van der Waals surface area (Å²) in [6.07, 6.45) is 2.85. The van der Waals surface area contributed by atoms with Crippen LogP contribution in [-0.4, -0.2) is 59.2 Å². The summed E-state index contributed by atoms with van der Waals surface area (Å²) in [6.45, 7) is 2.65. The number of hydrogen-bond donors (Lipinski definition) is 1. The molecule has 0 unspecified atom stereocenters. The number of amides is 3. The maximum atomic E-state index is 12.3. The number of nitrogens with one attached hydrogen (secondary N) is 1. The van der Waals surface area contributed by atoms with Crippen LogP contribution < -0.4 is 5.32 Å². The van der Waals surface area contributed by atoms with Gasteiger partial charge in [0.05, 0.1) is 6.04 Å². The number of pyridine rings is 1. The molecule has 1 aliphatic heterocycles. The highest BCUT2D eigenvalue weighted by molar-refractivity contribution is 6.31. The van der Waals surface area contributed by atoms with Gasteiger partial charge in [0.2, 0.25) is 11.8 Å². The van der Waals surface area contributed by atoms with E-state index in [0.29, 0.717) is 24.7 Å². The van der Waals surface area contributed by atoms with Crippen molar-refractivity contribution in [1.29, 1.82) is 0 Å². The summed E-state index contributed by atoms with van der Waals surface area (Å²) in [5, 5.41) is 3.04. The van der Waals surface area contributed by atoms with Crippen molar-refractivity contribution in [3.05, 3.63) is 64.4 Å². The molecule has 0 saturated carbocycles. The van der Waals surface area contributed by atoms with Gasteiger partial charge in [-0.15, -0.1) is 0 Å². The summed E-state index contributed by atoms with van der Waals surface area (Å²) in [4.78, 5) is 44.0. The highest BCUT2D eigenvalue weighted by Crippen LogP contribution is 2.32. The Morgan fingerprint density at radius 2 is 1.94 bits per heavy atom. The second-order valence-electron chi connectivity index (χ2n) is 7.09. The van der Waals surface area contributed by atoms with E-state index in [4.69, 9.17) is 23.2 Å². The van der Waals surface area contributed by atoms with Crippen LogP contribution in [0.2, 0.25) is 5.02 Å². The van der Waals surface area contributed by atoms with Crippen molar-refractivity contribution in [2.45, 2.75) is 13.0 Å². The van der Waals surface area contributed by atoms with Gasteiger partial charge in [-0.3, -0.25) is 19.4 Å². The van der Waals surface area contributed by atoms with Gasteiger partial charge in [0.1, 0.15) is 5.69 Å². The Kier molecular flexibility index (Phi) is 7.30. The minimum atomic E-state index is -0.364. The fourth-order valence-electron chi connectivity index (χ4n) is 3.64. The molecule has 1 fully saturated rings. The average Bonchev–Trinajstić information content (AvgIpc) is 2.77. The highest BCUT2D eigenvalue weighted by atomic mass is 35.5. The summed E-state index contributed by atoms with van der Waals surface area (Å²) in [7, 11) is 1.54. The Hall–Kier alpha value is -2.90. The van der Waals surface area contributed by atoms with E-state index in [1.807, 2.05) is 6.07 Å². The lowest BCUT2D eigenvalue weighted by atomic mass is 9.97. The van der Waals surface area contributed by atoms with Crippen molar-refractivity contribution in [3.63, 3.8) is 0 Å². The zero-order valence-corrected chi connectivity index (χ0v) is 18.7. The normalized spacial score (nSPS) is 16.5. The molecule has 0 aliphatic carbocycles. The second kappa shape index (κ2) is 9.94. The Morgan fingerprint density at radius 3 is 2.61 bits per heavy atom. The van der Waals surface area contributed by atoms with Gasteiger partial charge < -0.3 is 15.1 Å². The van der Waals surface area contributed by atoms with E-state index < -0.39 is 0 Å². The van der Waals surface area contributed by atoms with Crippen LogP contribution >= 0.6 is 23.2 Å². The maximum absolute atomic E-state index is 12.3. The molecular weight excluding hydrogens is 439 g/mol. The van der Waals surface area contributed by atoms with Crippen LogP contribution in [0.25, 0.3) is 11.1 Å². The molecule has 31 heavy (non-hydrogen) atoms. The summed E-state index contributed by atoms with van der Waals surface area (Å²) in [5.41, 5.74) is 3.81. The molecule has 1 N–H and O–H groups in total. The Morgan fingerprint density at radius 1 is 1.16 bits per heavy atom. The number of aromatic nitrogens is 1. The third-order valence-corrected chi connectivity index (χ3v) is 5.50. The van der Waals surface area contributed by atoms with Gasteiger partial charge in [0.15, 0.2) is 0 Å². The Bertz CT molecular complexity index is 1040. The van der Waals surface area contributed by atoms with E-state index in [9.17, 15) is 14.4 Å². The van der Waals surface area contributed by atoms with E-state index in [1.54, 1.807) is 47.3 Å². The molecule has 162 valence electrons. The van der Waals surface area contributed by atoms with Gasteiger partial charge in [-0.25, -0.2) is 0 Å². The number of carbonyl (C=O) groups excluding carboxylic acids is 3. The van der Waals surface area contributed by atoms with Crippen LogP contribution in [0.1, 0.15) is 29.0 Å². The molecule has 0 radical (unpaired) electrons. The topological polar surface area (TPSA) is 82.6 Å². The molecular formula is C22H22Cl2N4O3. The van der Waals surface area contributed by atoms with Crippen LogP contribution in [0, 0.1) is 0 Å². The zero-order valence-electron chi connectivity index (χ0n) is 17.1. The van der Waals surface area contributed by atoms with Gasteiger partial charge in [-0.05, 0) is 47.0 Å². The first-order valence-electron chi connectivity index (χ1n) is 9.66. The van der Waals surface area contributed by atoms with Gasteiger partial charge >= 0.3 is 0 Å². The number of benzene rings is 1. The minimum Gasteiger partial charge on any atom is -0.354 e. The molecule has 2 aromatic rings. The molecule has 9 heteroatoms. The number of carbonyl (C=O) groups is 3. The van der Waals surface area contributed by atoms with Gasteiger partial charge in [0.25, 0.3) is 5.91 Å². The van der Waals surface area contributed by atoms with Crippen molar-refractivity contribution in [3.8, 4) is 11.1 Å². The highest BCUT2D eigenvalue weighted by Gasteiger charge is 2.32. The van der Waals surface area contributed by atoms with Crippen molar-refractivity contribution < 1.29 is 14.4 Å². The average molecular weight is 461 g/mol. The summed E-state index contributed by atoms with van der Waals surface area (Å²) < 4.78 is 0. The molecule has 1 aromatic carbocycles. The van der Waals surface area contributed by atoms with Crippen LogP contribution in [-0.2, 0) is 9.59 Å². The van der Waals surface area contributed by atoms with Crippen LogP contribution in [0.15, 0.2) is 48.1 Å². The fraction of sp³-hybridized carbons (Fsp3) is 0.273. The monoisotopic (exact) mass is 460 g/mol. The van der Waals surface area contributed by atoms with E-state index in [2.05, 4.69) is 10.3 Å². The van der Waals surface area contributed by atoms with Crippen LogP contribution in [0.4, 0.5) is 0 Å². The molecule has 2 heterocycles. The van der Waals surface area contributed by atoms with E-state index in [1.165, 1.54) is 18.5 Å². The fourth-order valence-corrected chi connectivity index (χ4v) is 3.99. The number of piperazine rings is 1. The molecule has 1 atom stereocenters. The lowest BCUT2D eigenvalue weighted by Gasteiger charge is -2.41. The van der Waals surface area contributed by atoms with Crippen molar-refractivity contribution in [2.24, 2.45) is 0 Å². The number of hydrogen-bond acceptors (Lipinski definition) is 4. The number of halogens is 2. The van der Waals surface area contributed by atoms with E-state index in [0.717, 1.165) is 16.7 Å². The summed E-state index contributed by atoms with van der Waals surface area (Å²) >= 11 is 12.0. The first-order chi connectivity index (χ1) is 14.8. The first kappa shape index (κ1) is 22.8. The number of rotatable bonds is 4. The molecule has 3 rings (SSSR count). The second-order valence-corrected chi connectivity index (χ2v) is 7.78. The minimum absolute atomic E-state index is 0.0858. The standard InChI is InChI=1S/C22H22Cl2N4O3/c1-14(29)28-8-7-27(21(30)3-5-23)13-20(28)17-9-16(10-18(24)11-17)15-4-6-26-19(12-15)22(31)25-2/h3-6,9-12,20H,7-8,13H2,1-2H3,(H,25,31)/b5-3-/t20-/m0/s1. The predicted octanol–water partition coefficient (Wildman–Crippen LogP) is 3.25. The van der Waals surface area contributed by atoms with Crippen molar-refractivity contribution >= 4 is 40.9 Å². The SMILES string of the molecule is CNC(=O)c1cc(-c2cc(Cl)cc([C@@H]3CN(C(=O)/C=C\Cl)CCN3C(C)=O)c2)ccn1. The van der Waals surface area contributed by atoms with Crippen molar-refractivity contribution in [2.75, 3.05) is 26.7 Å². The molecule has 1 aliphatic rings. The molecule has 0 spiro atoms.